The van der Waals surface area contributed by atoms with E-state index in [1.54, 1.807) is 0 Å². The van der Waals surface area contributed by atoms with Crippen LogP contribution in [0.2, 0.25) is 0 Å². The van der Waals surface area contributed by atoms with Crippen molar-refractivity contribution in [1.29, 1.82) is 0 Å². The fourth-order valence-corrected chi connectivity index (χ4v) is 7.69. The van der Waals surface area contributed by atoms with E-state index in [4.69, 9.17) is 24.9 Å². The van der Waals surface area contributed by atoms with Gasteiger partial charge in [0.25, 0.3) is 0 Å². The predicted octanol–water partition coefficient (Wildman–Crippen LogP) is 4.15. The SMILES string of the molecule is Nc1ccc2c(c1)[C@]1(CCC2)Cc2nc(OC[C@@]34CCCN3C[C@H](F)C4)cc(N3CCCOCC3)c2CO1. The number of ether oxygens (including phenoxy) is 3. The largest absolute Gasteiger partial charge is 0.476 e. The number of hydrogen-bond acceptors (Lipinski definition) is 7. The Morgan fingerprint density at radius 1 is 1.11 bits per heavy atom. The van der Waals surface area contributed by atoms with Crippen molar-refractivity contribution in [2.24, 2.45) is 0 Å². The van der Waals surface area contributed by atoms with Crippen LogP contribution in [0.25, 0.3) is 0 Å². The van der Waals surface area contributed by atoms with E-state index in [-0.39, 0.29) is 5.54 Å². The van der Waals surface area contributed by atoms with Crippen LogP contribution >= 0.6 is 0 Å². The van der Waals surface area contributed by atoms with Gasteiger partial charge in [-0.1, -0.05) is 6.07 Å². The highest BCUT2D eigenvalue weighted by Gasteiger charge is 2.49. The molecule has 5 heterocycles. The third-order valence-electron chi connectivity index (χ3n) is 9.57. The first-order chi connectivity index (χ1) is 18.5. The van der Waals surface area contributed by atoms with Crippen molar-refractivity contribution in [1.82, 2.24) is 9.88 Å². The smallest absolute Gasteiger partial charge is 0.215 e. The lowest BCUT2D eigenvalue weighted by Gasteiger charge is -2.43. The summed E-state index contributed by atoms with van der Waals surface area (Å²) in [6.07, 6.45) is 6.68. The van der Waals surface area contributed by atoms with E-state index in [0.29, 0.717) is 45.1 Å². The molecule has 38 heavy (non-hydrogen) atoms. The van der Waals surface area contributed by atoms with Crippen LogP contribution in [0.15, 0.2) is 24.3 Å². The Labute approximate surface area is 224 Å². The van der Waals surface area contributed by atoms with Crippen molar-refractivity contribution in [2.75, 3.05) is 56.6 Å². The van der Waals surface area contributed by atoms with E-state index in [9.17, 15) is 4.39 Å². The number of fused-ring (bicyclic) bond motifs is 4. The first-order valence-corrected chi connectivity index (χ1v) is 14.4. The number of aromatic nitrogens is 1. The normalized spacial score (nSPS) is 31.1. The zero-order valence-electron chi connectivity index (χ0n) is 22.2. The summed E-state index contributed by atoms with van der Waals surface area (Å²) in [5.41, 5.74) is 12.3. The second-order valence-corrected chi connectivity index (χ2v) is 12.0. The van der Waals surface area contributed by atoms with Crippen LogP contribution in [0.3, 0.4) is 0 Å². The van der Waals surface area contributed by atoms with E-state index in [1.807, 2.05) is 6.07 Å². The Bertz CT molecular complexity index is 1200. The molecule has 3 saturated heterocycles. The number of benzene rings is 1. The molecule has 3 atom stereocenters. The minimum Gasteiger partial charge on any atom is -0.476 e. The maximum atomic E-state index is 14.4. The highest BCUT2D eigenvalue weighted by atomic mass is 19.1. The Morgan fingerprint density at radius 2 is 2.05 bits per heavy atom. The van der Waals surface area contributed by atoms with Crippen LogP contribution in [0.1, 0.15) is 60.9 Å². The molecular weight excluding hydrogens is 483 g/mol. The quantitative estimate of drug-likeness (QED) is 0.605. The van der Waals surface area contributed by atoms with Gasteiger partial charge in [0, 0.05) is 62.1 Å². The number of pyridine rings is 1. The minimum atomic E-state index is -0.765. The molecule has 5 aliphatic rings. The monoisotopic (exact) mass is 522 g/mol. The van der Waals surface area contributed by atoms with Gasteiger partial charge in [-0.25, -0.2) is 9.37 Å². The van der Waals surface area contributed by atoms with Crippen LogP contribution in [0, 0.1) is 0 Å². The first-order valence-electron chi connectivity index (χ1n) is 14.4. The van der Waals surface area contributed by atoms with Crippen LogP contribution in [-0.4, -0.2) is 67.6 Å². The van der Waals surface area contributed by atoms with Crippen LogP contribution in [-0.2, 0) is 34.5 Å². The van der Waals surface area contributed by atoms with Crippen molar-refractivity contribution in [3.05, 3.63) is 46.6 Å². The van der Waals surface area contributed by atoms with E-state index in [0.717, 1.165) is 87.4 Å². The third-order valence-corrected chi connectivity index (χ3v) is 9.57. The molecule has 2 N–H and O–H groups in total. The Balaban J connectivity index is 1.24. The second-order valence-electron chi connectivity index (χ2n) is 12.0. The van der Waals surface area contributed by atoms with Crippen molar-refractivity contribution < 1.29 is 18.6 Å². The third kappa shape index (κ3) is 4.25. The minimum absolute atomic E-state index is 0.197. The number of aryl methyl sites for hydroxylation is 1. The van der Waals surface area contributed by atoms with Crippen molar-refractivity contribution in [3.8, 4) is 5.88 Å². The van der Waals surface area contributed by atoms with Crippen molar-refractivity contribution in [2.45, 2.75) is 75.3 Å². The van der Waals surface area contributed by atoms with Gasteiger partial charge in [0.05, 0.1) is 30.0 Å². The highest BCUT2D eigenvalue weighted by molar-refractivity contribution is 5.59. The molecule has 204 valence electrons. The summed E-state index contributed by atoms with van der Waals surface area (Å²) in [4.78, 5) is 9.83. The number of nitrogens with two attached hydrogens (primary N) is 1. The molecule has 2 aromatic rings. The molecule has 7 rings (SSSR count). The maximum absolute atomic E-state index is 14.4. The zero-order chi connectivity index (χ0) is 25.7. The van der Waals surface area contributed by atoms with Crippen LogP contribution in [0.4, 0.5) is 15.8 Å². The van der Waals surface area contributed by atoms with E-state index < -0.39 is 11.8 Å². The molecule has 1 aromatic heterocycles. The molecule has 1 aliphatic carbocycles. The summed E-state index contributed by atoms with van der Waals surface area (Å²) in [6.45, 7) is 5.76. The first kappa shape index (κ1) is 24.6. The average molecular weight is 523 g/mol. The lowest BCUT2D eigenvalue weighted by Crippen LogP contribution is -2.43. The van der Waals surface area contributed by atoms with Gasteiger partial charge < -0.3 is 24.8 Å². The molecule has 1 spiro atoms. The average Bonchev–Trinajstić information content (AvgIpc) is 3.29. The summed E-state index contributed by atoms with van der Waals surface area (Å²) >= 11 is 0. The molecule has 7 nitrogen and oxygen atoms in total. The van der Waals surface area contributed by atoms with E-state index >= 15 is 0 Å². The van der Waals surface area contributed by atoms with Crippen molar-refractivity contribution in [3.63, 3.8) is 0 Å². The zero-order valence-corrected chi connectivity index (χ0v) is 22.2. The molecule has 1 aromatic carbocycles. The molecule has 0 unspecified atom stereocenters. The number of halogens is 1. The van der Waals surface area contributed by atoms with Gasteiger partial charge in [0.15, 0.2) is 0 Å². The van der Waals surface area contributed by atoms with E-state index in [1.165, 1.54) is 11.1 Å². The van der Waals surface area contributed by atoms with Gasteiger partial charge in [-0.3, -0.25) is 4.90 Å². The summed E-state index contributed by atoms with van der Waals surface area (Å²) in [5.74, 6) is 0.646. The van der Waals surface area contributed by atoms with Gasteiger partial charge in [0.2, 0.25) is 5.88 Å². The molecular formula is C30H39FN4O3. The molecule has 8 heteroatoms. The molecule has 0 bridgehead atoms. The Hall–Kier alpha value is -2.42. The predicted molar refractivity (Wildman–Crippen MR) is 144 cm³/mol. The van der Waals surface area contributed by atoms with Gasteiger partial charge >= 0.3 is 0 Å². The second kappa shape index (κ2) is 9.65. The standard InChI is InChI=1S/C30H39FN4O3/c31-22-16-29(7-2-10-35(29)18-22)20-37-28-15-27(34-9-3-12-36-13-11-34)24-19-38-30(17-26(24)33-28)8-1-4-21-5-6-23(32)14-25(21)30/h5-6,14-15,22H,1-4,7-13,16-20,32H2/t22-,29+,30+/m1/s1. The number of hydrogen-bond donors (Lipinski definition) is 1. The van der Waals surface area contributed by atoms with Crippen LogP contribution in [0.5, 0.6) is 5.88 Å². The lowest BCUT2D eigenvalue weighted by molar-refractivity contribution is -0.0853. The molecule has 0 amide bonds. The fraction of sp³-hybridized carbons (Fsp3) is 0.633. The summed E-state index contributed by atoms with van der Waals surface area (Å²) in [5, 5.41) is 0. The summed E-state index contributed by atoms with van der Waals surface area (Å²) in [7, 11) is 0. The molecule has 4 aliphatic heterocycles. The van der Waals surface area contributed by atoms with Gasteiger partial charge in [-0.05, 0) is 68.3 Å². The van der Waals surface area contributed by atoms with Gasteiger partial charge in [-0.2, -0.15) is 0 Å². The Morgan fingerprint density at radius 3 is 3.00 bits per heavy atom. The number of anilines is 2. The summed E-state index contributed by atoms with van der Waals surface area (Å²) < 4.78 is 33.4. The van der Waals surface area contributed by atoms with E-state index in [2.05, 4.69) is 28.0 Å². The van der Waals surface area contributed by atoms with Crippen LogP contribution < -0.4 is 15.4 Å². The fourth-order valence-electron chi connectivity index (χ4n) is 7.69. The highest BCUT2D eigenvalue weighted by Crippen LogP contribution is 2.47. The summed E-state index contributed by atoms with van der Waals surface area (Å²) in [6, 6.07) is 8.35. The number of nitrogens with zero attached hydrogens (tertiary/aromatic N) is 3. The van der Waals surface area contributed by atoms with Crippen molar-refractivity contribution >= 4 is 11.4 Å². The topological polar surface area (TPSA) is 73.1 Å². The number of nitrogen functional groups attached to an aromatic ring is 1. The molecule has 0 saturated carbocycles. The molecule has 0 radical (unpaired) electrons. The lowest BCUT2D eigenvalue weighted by atomic mass is 9.74. The van der Waals surface area contributed by atoms with Gasteiger partial charge in [0.1, 0.15) is 12.8 Å². The number of rotatable bonds is 4. The Kier molecular flexibility index (Phi) is 6.25. The molecule has 3 fully saturated rings. The van der Waals surface area contributed by atoms with Gasteiger partial charge in [-0.15, -0.1) is 0 Å². The maximum Gasteiger partial charge on any atom is 0.215 e. The number of alkyl halides is 1.